The average molecular weight is 260 g/mol. The van der Waals surface area contributed by atoms with Crippen LogP contribution < -0.4 is 0 Å². The van der Waals surface area contributed by atoms with Crippen molar-refractivity contribution in [2.24, 2.45) is 5.41 Å². The molecule has 2 nitrogen and oxygen atoms in total. The molecule has 0 aliphatic heterocycles. The van der Waals surface area contributed by atoms with Crippen LogP contribution in [0.2, 0.25) is 0 Å². The molecule has 0 N–H and O–H groups in total. The first-order valence-electron chi connectivity index (χ1n) is 7.21. The molecular formula is C17H24O2. The van der Waals surface area contributed by atoms with Gasteiger partial charge in [-0.05, 0) is 57.6 Å². The normalized spacial score (nSPS) is 22.7. The third kappa shape index (κ3) is 2.68. The van der Waals surface area contributed by atoms with E-state index in [2.05, 4.69) is 25.1 Å². The number of carbonyl (C=O) groups is 1. The summed E-state index contributed by atoms with van der Waals surface area (Å²) in [6.07, 6.45) is 3.87. The Morgan fingerprint density at radius 2 is 2.05 bits per heavy atom. The minimum absolute atomic E-state index is 0.0887. The van der Waals surface area contributed by atoms with Crippen molar-refractivity contribution in [2.75, 3.05) is 0 Å². The van der Waals surface area contributed by atoms with Gasteiger partial charge in [0, 0.05) is 0 Å². The van der Waals surface area contributed by atoms with Crippen LogP contribution in [0.1, 0.15) is 58.1 Å². The minimum atomic E-state index is -0.460. The van der Waals surface area contributed by atoms with Crippen LogP contribution in [0.3, 0.4) is 0 Å². The van der Waals surface area contributed by atoms with Gasteiger partial charge in [-0.3, -0.25) is 4.79 Å². The highest BCUT2D eigenvalue weighted by atomic mass is 16.6. The second kappa shape index (κ2) is 4.99. The first kappa shape index (κ1) is 14.1. The number of carbonyl (C=O) groups excluding carboxylic acids is 1. The molecule has 0 amide bonds. The summed E-state index contributed by atoms with van der Waals surface area (Å²) in [5, 5.41) is 0. The number of aryl methyl sites for hydroxylation is 1. The van der Waals surface area contributed by atoms with Gasteiger partial charge in [0.05, 0.1) is 5.41 Å². The third-order valence-corrected chi connectivity index (χ3v) is 4.44. The molecule has 0 fully saturated rings. The molecule has 0 aromatic heterocycles. The molecule has 19 heavy (non-hydrogen) atoms. The van der Waals surface area contributed by atoms with Crippen molar-refractivity contribution in [3.8, 4) is 0 Å². The van der Waals surface area contributed by atoms with E-state index in [1.165, 1.54) is 11.1 Å². The highest BCUT2D eigenvalue weighted by Crippen LogP contribution is 2.39. The predicted molar refractivity (Wildman–Crippen MR) is 76.9 cm³/mol. The molecule has 0 heterocycles. The van der Waals surface area contributed by atoms with Gasteiger partial charge in [-0.15, -0.1) is 0 Å². The van der Waals surface area contributed by atoms with Crippen LogP contribution in [-0.2, 0) is 21.6 Å². The van der Waals surface area contributed by atoms with Gasteiger partial charge < -0.3 is 4.74 Å². The molecule has 1 aliphatic carbocycles. The standard InChI is InChI=1S/C17H24O2/c1-5-16(2,3)15(18)19-17(4)12-8-10-13-9-6-7-11-14(13)17/h6-7,9,11H,5,8,10,12H2,1-4H3. The molecule has 0 radical (unpaired) electrons. The molecule has 1 aromatic carbocycles. The SMILES string of the molecule is CCC(C)(C)C(=O)OC1(C)CCCc2ccccc21. The van der Waals surface area contributed by atoms with E-state index in [4.69, 9.17) is 4.74 Å². The lowest BCUT2D eigenvalue weighted by Crippen LogP contribution is -2.38. The Hall–Kier alpha value is -1.31. The number of fused-ring (bicyclic) bond motifs is 1. The predicted octanol–water partition coefficient (Wildman–Crippen LogP) is 4.22. The van der Waals surface area contributed by atoms with Gasteiger partial charge in [0.15, 0.2) is 0 Å². The van der Waals surface area contributed by atoms with Crippen molar-refractivity contribution in [2.45, 2.75) is 59.0 Å². The lowest BCUT2D eigenvalue weighted by molar-refractivity contribution is -0.171. The van der Waals surface area contributed by atoms with Crippen LogP contribution in [0, 0.1) is 5.41 Å². The Morgan fingerprint density at radius 3 is 2.74 bits per heavy atom. The molecule has 0 saturated heterocycles. The summed E-state index contributed by atoms with van der Waals surface area (Å²) in [5.41, 5.74) is 1.63. The molecule has 0 saturated carbocycles. The van der Waals surface area contributed by atoms with E-state index in [9.17, 15) is 4.79 Å². The summed E-state index contributed by atoms with van der Waals surface area (Å²) < 4.78 is 5.92. The highest BCUT2D eigenvalue weighted by molar-refractivity contribution is 5.76. The van der Waals surface area contributed by atoms with Crippen LogP contribution in [0.15, 0.2) is 24.3 Å². The molecule has 104 valence electrons. The topological polar surface area (TPSA) is 26.3 Å². The van der Waals surface area contributed by atoms with E-state index < -0.39 is 11.0 Å². The Bertz CT molecular complexity index is 476. The average Bonchev–Trinajstić information content (AvgIpc) is 2.39. The van der Waals surface area contributed by atoms with Gasteiger partial charge in [0.25, 0.3) is 0 Å². The summed E-state index contributed by atoms with van der Waals surface area (Å²) in [7, 11) is 0. The van der Waals surface area contributed by atoms with Gasteiger partial charge >= 0.3 is 5.97 Å². The molecule has 0 bridgehead atoms. The van der Waals surface area contributed by atoms with E-state index in [0.29, 0.717) is 0 Å². The Kier molecular flexibility index (Phi) is 3.71. The van der Waals surface area contributed by atoms with Gasteiger partial charge in [-0.2, -0.15) is 0 Å². The second-order valence-electron chi connectivity index (χ2n) is 6.37. The number of hydrogen-bond donors (Lipinski definition) is 0. The van der Waals surface area contributed by atoms with Crippen molar-refractivity contribution in [1.82, 2.24) is 0 Å². The first-order valence-corrected chi connectivity index (χ1v) is 7.21. The maximum atomic E-state index is 12.4. The number of esters is 1. The Morgan fingerprint density at radius 1 is 1.37 bits per heavy atom. The number of benzene rings is 1. The van der Waals surface area contributed by atoms with Crippen LogP contribution in [0.25, 0.3) is 0 Å². The van der Waals surface area contributed by atoms with Crippen molar-refractivity contribution in [3.05, 3.63) is 35.4 Å². The maximum Gasteiger partial charge on any atom is 0.312 e. The van der Waals surface area contributed by atoms with Crippen LogP contribution >= 0.6 is 0 Å². The van der Waals surface area contributed by atoms with Crippen LogP contribution in [0.4, 0.5) is 0 Å². The fourth-order valence-electron chi connectivity index (χ4n) is 2.60. The Balaban J connectivity index is 2.28. The Labute approximate surface area is 116 Å². The second-order valence-corrected chi connectivity index (χ2v) is 6.37. The van der Waals surface area contributed by atoms with E-state index in [0.717, 1.165) is 25.7 Å². The number of rotatable bonds is 3. The van der Waals surface area contributed by atoms with Gasteiger partial charge in [-0.25, -0.2) is 0 Å². The molecule has 1 aromatic rings. The van der Waals surface area contributed by atoms with Crippen molar-refractivity contribution in [1.29, 1.82) is 0 Å². The summed E-state index contributed by atoms with van der Waals surface area (Å²) in [5.74, 6) is -0.0887. The van der Waals surface area contributed by atoms with Crippen LogP contribution in [0.5, 0.6) is 0 Å². The lowest BCUT2D eigenvalue weighted by Gasteiger charge is -2.37. The smallest absolute Gasteiger partial charge is 0.312 e. The molecule has 0 spiro atoms. The zero-order chi connectivity index (χ0) is 14.1. The lowest BCUT2D eigenvalue weighted by atomic mass is 9.79. The highest BCUT2D eigenvalue weighted by Gasteiger charge is 2.39. The third-order valence-electron chi connectivity index (χ3n) is 4.44. The summed E-state index contributed by atoms with van der Waals surface area (Å²) in [4.78, 5) is 12.4. The summed E-state index contributed by atoms with van der Waals surface area (Å²) in [6, 6.07) is 8.33. The van der Waals surface area contributed by atoms with Gasteiger partial charge in [0.2, 0.25) is 0 Å². The minimum Gasteiger partial charge on any atom is -0.454 e. The molecule has 1 unspecified atom stereocenters. The number of hydrogen-bond acceptors (Lipinski definition) is 2. The first-order chi connectivity index (χ1) is 8.89. The van der Waals surface area contributed by atoms with Crippen molar-refractivity contribution >= 4 is 5.97 Å². The van der Waals surface area contributed by atoms with E-state index in [1.807, 2.05) is 26.8 Å². The van der Waals surface area contributed by atoms with Crippen molar-refractivity contribution < 1.29 is 9.53 Å². The zero-order valence-electron chi connectivity index (χ0n) is 12.5. The molecule has 1 aliphatic rings. The van der Waals surface area contributed by atoms with E-state index in [-0.39, 0.29) is 5.97 Å². The fraction of sp³-hybridized carbons (Fsp3) is 0.588. The fourth-order valence-corrected chi connectivity index (χ4v) is 2.60. The van der Waals surface area contributed by atoms with Gasteiger partial charge in [-0.1, -0.05) is 31.2 Å². The molecule has 1 atom stereocenters. The van der Waals surface area contributed by atoms with Crippen LogP contribution in [-0.4, -0.2) is 5.97 Å². The monoisotopic (exact) mass is 260 g/mol. The summed E-state index contributed by atoms with van der Waals surface area (Å²) in [6.45, 7) is 7.98. The van der Waals surface area contributed by atoms with E-state index >= 15 is 0 Å². The maximum absolute atomic E-state index is 12.4. The quantitative estimate of drug-likeness (QED) is 0.761. The molecular weight excluding hydrogens is 236 g/mol. The van der Waals surface area contributed by atoms with E-state index in [1.54, 1.807) is 0 Å². The molecule has 2 rings (SSSR count). The van der Waals surface area contributed by atoms with Crippen molar-refractivity contribution in [3.63, 3.8) is 0 Å². The number of ether oxygens (including phenoxy) is 1. The molecule has 2 heteroatoms. The zero-order valence-corrected chi connectivity index (χ0v) is 12.5. The van der Waals surface area contributed by atoms with Gasteiger partial charge in [0.1, 0.15) is 5.60 Å². The summed E-state index contributed by atoms with van der Waals surface area (Å²) >= 11 is 0. The largest absolute Gasteiger partial charge is 0.454 e.